The van der Waals surface area contributed by atoms with Gasteiger partial charge in [0.15, 0.2) is 17.7 Å². The first kappa shape index (κ1) is 26.6. The Balaban J connectivity index is 1.91. The number of carboxylic acid groups (broad SMARTS) is 1. The summed E-state index contributed by atoms with van der Waals surface area (Å²) in [5.41, 5.74) is 3.02. The van der Waals surface area contributed by atoms with Crippen molar-refractivity contribution in [3.05, 3.63) is 69.5 Å². The van der Waals surface area contributed by atoms with E-state index in [-0.39, 0.29) is 17.0 Å². The summed E-state index contributed by atoms with van der Waals surface area (Å²) in [6.45, 7) is 7.58. The van der Waals surface area contributed by atoms with Crippen molar-refractivity contribution in [3.8, 4) is 28.1 Å². The van der Waals surface area contributed by atoms with Gasteiger partial charge < -0.3 is 19.1 Å². The average molecular weight is 534 g/mol. The van der Waals surface area contributed by atoms with Crippen LogP contribution in [0, 0.1) is 12.7 Å². The van der Waals surface area contributed by atoms with E-state index in [0.717, 1.165) is 28.8 Å². The Morgan fingerprint density at radius 2 is 1.92 bits per heavy atom. The van der Waals surface area contributed by atoms with Crippen LogP contribution in [0.25, 0.3) is 33.2 Å². The van der Waals surface area contributed by atoms with Gasteiger partial charge in [0.2, 0.25) is 0 Å². The van der Waals surface area contributed by atoms with Crippen LogP contribution in [-0.4, -0.2) is 37.6 Å². The summed E-state index contributed by atoms with van der Waals surface area (Å²) >= 11 is 0. The van der Waals surface area contributed by atoms with E-state index in [1.807, 2.05) is 26.1 Å². The van der Waals surface area contributed by atoms with E-state index in [9.17, 15) is 14.7 Å². The first-order chi connectivity index (χ1) is 18.4. The van der Waals surface area contributed by atoms with Crippen molar-refractivity contribution >= 4 is 16.7 Å². The van der Waals surface area contributed by atoms with Gasteiger partial charge in [-0.15, -0.1) is 0 Å². The fraction of sp³-hybridized carbons (Fsp3) is 0.367. The van der Waals surface area contributed by atoms with Crippen molar-refractivity contribution in [2.24, 2.45) is 14.1 Å². The normalized spacial score (nSPS) is 14.2. The molecule has 0 unspecified atom stereocenters. The van der Waals surface area contributed by atoms with Crippen LogP contribution in [-0.2, 0) is 30.0 Å². The number of hydrogen-bond acceptors (Lipinski definition) is 5. The third-order valence-electron chi connectivity index (χ3n) is 7.21. The number of rotatable bonds is 5. The number of benzene rings is 2. The number of aliphatic carboxylic acids is 1. The molecule has 5 rings (SSSR count). The first-order valence-corrected chi connectivity index (χ1v) is 12.9. The van der Waals surface area contributed by atoms with Crippen LogP contribution in [0.15, 0.2) is 41.3 Å². The summed E-state index contributed by atoms with van der Waals surface area (Å²) in [7, 11) is 3.35. The number of fused-ring (bicyclic) bond motifs is 2. The van der Waals surface area contributed by atoms with Gasteiger partial charge in [0.05, 0.1) is 23.6 Å². The first-order valence-electron chi connectivity index (χ1n) is 12.9. The lowest BCUT2D eigenvalue weighted by Gasteiger charge is -2.29. The minimum atomic E-state index is -1.48. The fourth-order valence-electron chi connectivity index (χ4n) is 5.44. The van der Waals surface area contributed by atoms with Crippen molar-refractivity contribution in [2.45, 2.75) is 52.2 Å². The Morgan fingerprint density at radius 3 is 2.56 bits per heavy atom. The highest BCUT2D eigenvalue weighted by Crippen LogP contribution is 2.43. The van der Waals surface area contributed by atoms with Crippen molar-refractivity contribution in [2.75, 3.05) is 6.61 Å². The molecule has 1 N–H and O–H groups in total. The maximum atomic E-state index is 15.5. The van der Waals surface area contributed by atoms with Gasteiger partial charge in [0, 0.05) is 42.4 Å². The molecule has 0 saturated heterocycles. The number of nitrogens with zero attached hydrogens (tertiary/aromatic N) is 3. The fourth-order valence-corrected chi connectivity index (χ4v) is 5.44. The molecule has 0 aliphatic carbocycles. The lowest BCUT2D eigenvalue weighted by molar-refractivity contribution is -0.161. The van der Waals surface area contributed by atoms with Gasteiger partial charge >= 0.3 is 5.97 Å². The molecule has 2 aromatic heterocycles. The Morgan fingerprint density at radius 1 is 1.18 bits per heavy atom. The maximum absolute atomic E-state index is 15.5. The molecular formula is C30H32FN3O5. The van der Waals surface area contributed by atoms with E-state index in [4.69, 9.17) is 9.47 Å². The number of halogens is 1. The molecule has 0 radical (unpaired) electrons. The summed E-state index contributed by atoms with van der Waals surface area (Å²) in [5.74, 6) is -1.53. The van der Waals surface area contributed by atoms with E-state index in [1.54, 1.807) is 43.8 Å². The summed E-state index contributed by atoms with van der Waals surface area (Å²) in [6.07, 6.45) is 1.58. The zero-order chi connectivity index (χ0) is 28.2. The van der Waals surface area contributed by atoms with Crippen molar-refractivity contribution in [1.82, 2.24) is 14.3 Å². The predicted octanol–water partition coefficient (Wildman–Crippen LogP) is 5.32. The molecule has 0 amide bonds. The van der Waals surface area contributed by atoms with Crippen LogP contribution in [0.4, 0.5) is 4.39 Å². The average Bonchev–Trinajstić information content (AvgIpc) is 3.32. The quantitative estimate of drug-likeness (QED) is 0.373. The molecule has 204 valence electrons. The highest BCUT2D eigenvalue weighted by Gasteiger charge is 2.34. The Hall–Kier alpha value is -3.98. The summed E-state index contributed by atoms with van der Waals surface area (Å²) in [5, 5.41) is 15.4. The molecule has 1 aliphatic heterocycles. The molecule has 0 fully saturated rings. The molecular weight excluding hydrogens is 501 g/mol. The summed E-state index contributed by atoms with van der Waals surface area (Å²) < 4.78 is 30.2. The topological polar surface area (TPSA) is 95.6 Å². The van der Waals surface area contributed by atoms with E-state index >= 15 is 4.39 Å². The molecule has 2 aromatic carbocycles. The van der Waals surface area contributed by atoms with Gasteiger partial charge in [0.1, 0.15) is 0 Å². The van der Waals surface area contributed by atoms with E-state index < -0.39 is 23.5 Å². The molecule has 3 heterocycles. The SMILES string of the molecule is Cc1c(-c2c([C@H](OC(C)(C)C)C(=O)O)n(C)c(=O)c3cc(-c4ccnn4C)ccc23)cc(F)c2c1CCCO2. The monoisotopic (exact) mass is 533 g/mol. The highest BCUT2D eigenvalue weighted by atomic mass is 19.1. The Bertz CT molecular complexity index is 1680. The van der Waals surface area contributed by atoms with Crippen LogP contribution in [0.1, 0.15) is 50.1 Å². The van der Waals surface area contributed by atoms with Gasteiger partial charge in [-0.2, -0.15) is 5.10 Å². The maximum Gasteiger partial charge on any atom is 0.339 e. The van der Waals surface area contributed by atoms with Crippen LogP contribution in [0.2, 0.25) is 0 Å². The minimum absolute atomic E-state index is 0.155. The number of hydrogen-bond donors (Lipinski definition) is 1. The van der Waals surface area contributed by atoms with Gasteiger partial charge in [-0.3, -0.25) is 9.48 Å². The Kier molecular flexibility index (Phi) is 6.58. The Labute approximate surface area is 225 Å². The predicted molar refractivity (Wildman–Crippen MR) is 147 cm³/mol. The largest absolute Gasteiger partial charge is 0.490 e. The third kappa shape index (κ3) is 4.61. The lowest BCUT2D eigenvalue weighted by Crippen LogP contribution is -2.33. The van der Waals surface area contributed by atoms with E-state index in [1.165, 1.54) is 17.7 Å². The number of pyridine rings is 1. The van der Waals surface area contributed by atoms with Gasteiger partial charge in [-0.25, -0.2) is 9.18 Å². The number of ether oxygens (including phenoxy) is 2. The highest BCUT2D eigenvalue weighted by molar-refractivity contribution is 6.01. The number of carboxylic acids is 1. The van der Waals surface area contributed by atoms with Gasteiger partial charge in [-0.05, 0) is 75.2 Å². The molecule has 0 saturated carbocycles. The second-order valence-corrected chi connectivity index (χ2v) is 11.0. The van der Waals surface area contributed by atoms with Gasteiger partial charge in [0.25, 0.3) is 5.56 Å². The number of aryl methyl sites for hydroxylation is 1. The minimum Gasteiger partial charge on any atom is -0.490 e. The molecule has 8 nitrogen and oxygen atoms in total. The smallest absolute Gasteiger partial charge is 0.339 e. The van der Waals surface area contributed by atoms with Crippen molar-refractivity contribution in [3.63, 3.8) is 0 Å². The molecule has 1 atom stereocenters. The summed E-state index contributed by atoms with van der Waals surface area (Å²) in [6, 6.07) is 8.66. The zero-order valence-electron chi connectivity index (χ0n) is 23.0. The zero-order valence-corrected chi connectivity index (χ0v) is 23.0. The number of carbonyl (C=O) groups is 1. The molecule has 1 aliphatic rings. The lowest BCUT2D eigenvalue weighted by atomic mass is 9.87. The van der Waals surface area contributed by atoms with Crippen molar-refractivity contribution < 1.29 is 23.8 Å². The van der Waals surface area contributed by atoms with Gasteiger partial charge in [-0.1, -0.05) is 12.1 Å². The standard InChI is InChI=1S/C30H32FN3O5/c1-16-18-8-7-13-38-26(18)22(31)15-20(16)24-19-10-9-17(23-11-12-32-34(23)6)14-21(19)28(35)33(5)25(24)27(29(36)37)39-30(2,3)4/h9-12,14-15,27H,7-8,13H2,1-6H3,(H,36,37)/t27-/m0/s1. The van der Waals surface area contributed by atoms with E-state index in [2.05, 4.69) is 5.10 Å². The molecule has 4 aromatic rings. The van der Waals surface area contributed by atoms with E-state index in [0.29, 0.717) is 34.9 Å². The third-order valence-corrected chi connectivity index (χ3v) is 7.21. The molecule has 39 heavy (non-hydrogen) atoms. The van der Waals surface area contributed by atoms with Crippen molar-refractivity contribution in [1.29, 1.82) is 0 Å². The molecule has 0 spiro atoms. The van der Waals surface area contributed by atoms with Crippen LogP contribution in [0.3, 0.4) is 0 Å². The van der Waals surface area contributed by atoms with Crippen LogP contribution >= 0.6 is 0 Å². The summed E-state index contributed by atoms with van der Waals surface area (Å²) in [4.78, 5) is 26.5. The van der Waals surface area contributed by atoms with Crippen LogP contribution < -0.4 is 10.3 Å². The number of aromatic nitrogens is 3. The molecule has 9 heteroatoms. The molecule has 0 bridgehead atoms. The van der Waals surface area contributed by atoms with Crippen LogP contribution in [0.5, 0.6) is 5.75 Å². The second kappa shape index (κ2) is 9.64. The second-order valence-electron chi connectivity index (χ2n) is 11.0.